The van der Waals surface area contributed by atoms with Gasteiger partial charge in [0.1, 0.15) is 17.2 Å². The Hall–Kier alpha value is -8.68. The van der Waals surface area contributed by atoms with Crippen LogP contribution in [0.4, 0.5) is 31.4 Å². The van der Waals surface area contributed by atoms with Gasteiger partial charge < -0.3 is 109 Å². The number of amides is 6. The Balaban J connectivity index is 0.000000658. The van der Waals surface area contributed by atoms with Gasteiger partial charge in [-0.3, -0.25) is 38.7 Å². The maximum Gasteiger partial charge on any atom is 1.00 e. The van der Waals surface area contributed by atoms with Gasteiger partial charge in [0.15, 0.2) is 0 Å². The van der Waals surface area contributed by atoms with Gasteiger partial charge in [-0.25, -0.2) is 33.7 Å². The summed E-state index contributed by atoms with van der Waals surface area (Å²) in [6.07, 6.45) is 7.36. The van der Waals surface area contributed by atoms with Crippen LogP contribution in [0.5, 0.6) is 17.2 Å². The van der Waals surface area contributed by atoms with Crippen LogP contribution in [0.15, 0.2) is 215 Å². The van der Waals surface area contributed by atoms with E-state index in [9.17, 15) is 43.2 Å². The molecule has 12 atom stereocenters. The predicted molar refractivity (Wildman–Crippen MR) is 559 cm³/mol. The van der Waals surface area contributed by atoms with E-state index in [1.807, 2.05) is 160 Å². The minimum absolute atomic E-state index is 0. The summed E-state index contributed by atoms with van der Waals surface area (Å²) in [5.74, 6) is 9.83. The Morgan fingerprint density at radius 2 is 0.709 bits per heavy atom. The van der Waals surface area contributed by atoms with Crippen molar-refractivity contribution in [3.63, 3.8) is 0 Å². The Morgan fingerprint density at radius 1 is 0.439 bits per heavy atom. The number of carbonyl (C=O) groups excluding carboxylic acids is 10. The summed E-state index contributed by atoms with van der Waals surface area (Å²) in [4.78, 5) is 141. The number of likely N-dealkylation sites (N-methyl/N-ethyl adjacent to an activating group) is 2. The molecule has 6 saturated heterocycles. The molecule has 0 spiro atoms. The smallest absolute Gasteiger partial charge is 1.00 e. The van der Waals surface area contributed by atoms with Crippen LogP contribution in [0.1, 0.15) is 113 Å². The first kappa shape index (κ1) is 133. The number of aliphatic hydroxyl groups is 2. The van der Waals surface area contributed by atoms with E-state index in [-0.39, 0.29) is 236 Å². The van der Waals surface area contributed by atoms with Crippen molar-refractivity contribution in [1.29, 1.82) is 0 Å². The van der Waals surface area contributed by atoms with E-state index in [1.54, 1.807) is 21.3 Å². The standard InChI is InChI=1S/C36H42N4O4.C28H37BrN4O4.C26H33BrN4O4.C8H6.C4H6O4.C2H3BO2.CH2O3.2CH4O.2K.Na.H/c1-26(41)44-25-29-20-21-39(36(42)37-31-16-18-32(43-4)19-17-31)24-34-35(33(23-38(2)3)40(34)22-29)30-14-12-28(13-15-30)11-10-27-8-6-5-7-9-27;1-19(34)37-18-20-13-14-32(28(35)30-23-9-11-24(36-4)12-10-23)17-26-27(21-5-7-22(29)8-6-21)25(16-31(2)3)33(26)15-20;1-17(32)35-16-18-11-12-30(26(33)29-21-7-9-22(34-2)10-8-21)15-24-25(23(13-28)31(24)14-18)19-3-5-20(27)6-4-19;1-2-8-6-4-3-5-7-8;1-3(5)7-8-4(2)6;1-2(4)5-3;2-1-4-3;2*1-2;;;;/h5-9,12-19,29,33-35H,20-25H2,1-4H3,(H,37,42);5-12,20,25-27H,13-18H2,1-4H3,(H,30,35);3-10,18,23-25H,11-16,28H2,1-2H3,(H,29,33);1,3-7H;1-2H3;1H3;1,3H;2*2H,1H3;;;;/q;;;;;-1;;;;3*+1;-1/p-1/t29?,33-,34+,35+;20?,25-,26+,27+;18?,23-,24+,25+;;;;;;;;;;/m111........../s1. The van der Waals surface area contributed by atoms with E-state index in [0.29, 0.717) is 89.0 Å². The number of anilines is 3. The second-order valence-corrected chi connectivity index (χ2v) is 36.7. The first-order valence-electron chi connectivity index (χ1n) is 47.0. The third kappa shape index (κ3) is 45.7. The van der Waals surface area contributed by atoms with Crippen molar-refractivity contribution >= 4 is 117 Å². The molecular formula is C107H137BBr2K2N12NaO23. The fraction of sp³-hybridized carbons (Fsp3) is 0.421. The fourth-order valence-corrected chi connectivity index (χ4v) is 18.1. The molecule has 8 aromatic carbocycles. The third-order valence-corrected chi connectivity index (χ3v) is 25.3. The summed E-state index contributed by atoms with van der Waals surface area (Å²) in [7, 11) is 19.6. The predicted octanol–water partition coefficient (Wildman–Crippen LogP) is 2.96. The summed E-state index contributed by atoms with van der Waals surface area (Å²) < 4.78 is 37.7. The van der Waals surface area contributed by atoms with E-state index >= 15 is 0 Å². The van der Waals surface area contributed by atoms with Crippen molar-refractivity contribution in [3.05, 3.63) is 249 Å². The number of halogens is 2. The molecule has 7 N–H and O–H groups in total. The number of nitrogens with zero attached hydrogens (tertiary/aromatic N) is 8. The summed E-state index contributed by atoms with van der Waals surface area (Å²) in [5.41, 5.74) is 15.0. The van der Waals surface area contributed by atoms with Gasteiger partial charge >= 0.3 is 180 Å². The van der Waals surface area contributed by atoms with Crippen LogP contribution in [-0.2, 0) is 67.1 Å². The zero-order valence-corrected chi connectivity index (χ0v) is 99.3. The van der Waals surface area contributed by atoms with E-state index in [0.717, 1.165) is 129 Å². The molecule has 0 saturated carbocycles. The van der Waals surface area contributed by atoms with Crippen LogP contribution in [0.2, 0.25) is 0 Å². The molecule has 35 nitrogen and oxygen atoms in total. The number of aliphatic hydroxyl groups excluding tert-OH is 2. The Kier molecular flexibility index (Phi) is 65.6. The number of rotatable bonds is 21. The largest absolute Gasteiger partial charge is 1.00 e. The summed E-state index contributed by atoms with van der Waals surface area (Å²) >= 11 is 7.08. The zero-order chi connectivity index (χ0) is 107. The Bertz CT molecular complexity index is 5410. The molecule has 41 heteroatoms. The van der Waals surface area contributed by atoms with Crippen molar-refractivity contribution in [2.75, 3.05) is 178 Å². The number of fused-ring (bicyclic) bond motifs is 3. The molecule has 6 heterocycles. The van der Waals surface area contributed by atoms with Gasteiger partial charge in [-0.2, -0.15) is 0 Å². The molecule has 8 aromatic rings. The number of nitrogens with two attached hydrogens (primary N) is 1. The van der Waals surface area contributed by atoms with Gasteiger partial charge in [-0.15, -0.1) is 6.42 Å². The zero-order valence-electron chi connectivity index (χ0n) is 88.9. The van der Waals surface area contributed by atoms with Crippen LogP contribution < -0.4 is 173 Å². The number of carbonyl (C=O) groups is 10. The second kappa shape index (κ2) is 72.8. The van der Waals surface area contributed by atoms with Gasteiger partial charge in [-0.05, 0) is 198 Å². The molecule has 148 heavy (non-hydrogen) atoms. The van der Waals surface area contributed by atoms with E-state index in [4.69, 9.17) is 60.8 Å². The van der Waals surface area contributed by atoms with E-state index in [2.05, 4.69) is 206 Å². The molecule has 14 rings (SSSR count). The topological polar surface area (TPSA) is 415 Å². The van der Waals surface area contributed by atoms with Crippen LogP contribution in [0.25, 0.3) is 0 Å². The number of methoxy groups -OCH3 is 3. The molecule has 6 aliphatic rings. The minimum atomic E-state index is -0.639. The number of hydrogen-bond acceptors (Lipinski definition) is 29. The number of terminal acetylenes is 1. The molecule has 3 radical (unpaired) electrons. The first-order chi connectivity index (χ1) is 69.7. The van der Waals surface area contributed by atoms with E-state index < -0.39 is 17.9 Å². The van der Waals surface area contributed by atoms with Gasteiger partial charge in [0.05, 0.1) is 41.2 Å². The number of nitrogens with one attached hydrogen (secondary N) is 3. The molecule has 0 aliphatic carbocycles. The maximum absolute atomic E-state index is 13.6. The van der Waals surface area contributed by atoms with Crippen molar-refractivity contribution in [2.24, 2.45) is 23.5 Å². The SMILES string of the molecule is C#Cc1ccccc1.CC(=O)OOC(C)=O.CO.CO.COc1ccc(NC(=O)N2CCC(COC(C)=O)CN3[C@H](CN(C)C)[C@H](c4ccc(Br)cc4)[C@@H]3C2)cc1.COc1ccc(NC(=O)N2CCC(COC(C)=O)CN3[C@H](CN(C)C)[C@H](c4ccc(C#Cc5ccccc5)cc4)[C@@H]3C2)cc1.COc1ccc(NC(=O)N2CCC(COC(C)=O)CN3[C@H](CN)[C@H](c4ccc(Br)cc4)[C@@H]3C2)cc1.O=CO[O-].[B-]OC(C)=O.[H-].[K+].[K+].[Na+]. The molecule has 6 aliphatic heterocycles. The molecule has 3 unspecified atom stereocenters. The Labute approximate surface area is 996 Å². The third-order valence-electron chi connectivity index (χ3n) is 24.2. The van der Waals surface area contributed by atoms with Crippen LogP contribution >= 0.6 is 31.9 Å². The Morgan fingerprint density at radius 3 is 0.953 bits per heavy atom. The molecular weight excluding hydrogens is 2090 g/mol. The van der Waals surface area contributed by atoms with Crippen molar-refractivity contribution in [3.8, 4) is 41.4 Å². The van der Waals surface area contributed by atoms with Crippen LogP contribution in [0.3, 0.4) is 0 Å². The molecule has 0 aromatic heterocycles. The average Bonchev–Trinajstić information content (AvgIpc) is 0.754. The average molecular weight is 2230 g/mol. The van der Waals surface area contributed by atoms with E-state index in [1.165, 1.54) is 44.4 Å². The van der Waals surface area contributed by atoms with Gasteiger partial charge in [0.2, 0.25) is 5.97 Å². The number of esters is 3. The number of benzene rings is 8. The van der Waals surface area contributed by atoms with Crippen molar-refractivity contribution < 1.29 is 245 Å². The summed E-state index contributed by atoms with van der Waals surface area (Å²) in [6.45, 7) is 17.1. The van der Waals surface area contributed by atoms with Gasteiger partial charge in [0.25, 0.3) is 6.47 Å². The minimum Gasteiger partial charge on any atom is -1.00 e. The monoisotopic (exact) mass is 2230 g/mol. The number of hydrogen-bond donors (Lipinski definition) is 6. The van der Waals surface area contributed by atoms with Crippen molar-refractivity contribution in [2.45, 2.75) is 115 Å². The molecule has 0 bridgehead atoms. The summed E-state index contributed by atoms with van der Waals surface area (Å²) in [6, 6.07) is 67.9. The molecule has 783 valence electrons. The molecule has 6 fully saturated rings. The van der Waals surface area contributed by atoms with Gasteiger partial charge in [-0.1, -0.05) is 122 Å². The quantitative estimate of drug-likeness (QED) is 0.0114. The summed E-state index contributed by atoms with van der Waals surface area (Å²) in [5, 5.41) is 31.6. The molecule has 6 amide bonds. The normalized spacial score (nSPS) is 19.4. The number of urea groups is 3. The van der Waals surface area contributed by atoms with Crippen molar-refractivity contribution in [1.82, 2.24) is 39.2 Å². The first-order valence-corrected chi connectivity index (χ1v) is 48.6. The maximum atomic E-state index is 13.6. The second-order valence-electron chi connectivity index (χ2n) is 34.8. The van der Waals surface area contributed by atoms with Gasteiger partial charge in [0, 0.05) is 249 Å². The van der Waals surface area contributed by atoms with Crippen LogP contribution in [0, 0.1) is 41.9 Å². The fourth-order valence-electron chi connectivity index (χ4n) is 17.6. The van der Waals surface area contributed by atoms with Crippen LogP contribution in [-0.4, -0.2) is 316 Å². The number of ether oxygens (including phenoxy) is 6.